The average Bonchev–Trinajstić information content (AvgIpc) is 2.78. The van der Waals surface area contributed by atoms with Crippen LogP contribution in [-0.2, 0) is 23.6 Å². The molecular formula is C28H37O7P. The largest absolute Gasteiger partial charge is 0.463 e. The van der Waals surface area contributed by atoms with Gasteiger partial charge in [-0.05, 0) is 63.8 Å². The summed E-state index contributed by atoms with van der Waals surface area (Å²) in [6, 6.07) is 7.31. The zero-order valence-electron chi connectivity index (χ0n) is 22.4. The molecule has 2 aromatic carbocycles. The van der Waals surface area contributed by atoms with Gasteiger partial charge in [0.1, 0.15) is 6.61 Å². The molecule has 0 amide bonds. The lowest BCUT2D eigenvalue weighted by Gasteiger charge is -2.21. The third kappa shape index (κ3) is 7.22. The van der Waals surface area contributed by atoms with Crippen molar-refractivity contribution in [3.63, 3.8) is 0 Å². The molecule has 0 unspecified atom stereocenters. The highest BCUT2D eigenvalue weighted by Crippen LogP contribution is 2.54. The SMILES string of the molecule is COCCOCCOC(=O)CCP(=O)(C(=O)c1c(C)cc(C)cc1C)C(=O)c1c(C)cc(C)cc1C. The normalized spacial score (nSPS) is 11.4. The first-order valence-corrected chi connectivity index (χ1v) is 13.9. The molecule has 2 rings (SSSR count). The molecule has 0 aliphatic heterocycles. The molecule has 36 heavy (non-hydrogen) atoms. The van der Waals surface area contributed by atoms with Crippen LogP contribution >= 0.6 is 7.14 Å². The van der Waals surface area contributed by atoms with E-state index in [9.17, 15) is 18.9 Å². The maximum Gasteiger partial charge on any atom is 0.306 e. The number of hydrogen-bond acceptors (Lipinski definition) is 7. The third-order valence-electron chi connectivity index (χ3n) is 5.99. The monoisotopic (exact) mass is 516 g/mol. The Morgan fingerprint density at radius 1 is 0.694 bits per heavy atom. The molecule has 0 saturated carbocycles. The zero-order chi connectivity index (χ0) is 27.0. The predicted molar refractivity (Wildman–Crippen MR) is 141 cm³/mol. The summed E-state index contributed by atoms with van der Waals surface area (Å²) in [5, 5.41) is 0. The minimum absolute atomic E-state index is 0.0150. The van der Waals surface area contributed by atoms with Gasteiger partial charge in [-0.2, -0.15) is 0 Å². The number of benzene rings is 2. The molecule has 0 aromatic heterocycles. The van der Waals surface area contributed by atoms with Gasteiger partial charge in [0, 0.05) is 24.4 Å². The van der Waals surface area contributed by atoms with Crippen LogP contribution in [0.15, 0.2) is 24.3 Å². The predicted octanol–water partition coefficient (Wildman–Crippen LogP) is 5.48. The third-order valence-corrected chi connectivity index (χ3v) is 8.60. The molecule has 7 nitrogen and oxygen atoms in total. The van der Waals surface area contributed by atoms with E-state index in [-0.39, 0.29) is 30.8 Å². The van der Waals surface area contributed by atoms with Crippen molar-refractivity contribution in [2.24, 2.45) is 0 Å². The maximum absolute atomic E-state index is 14.4. The molecule has 8 heteroatoms. The fourth-order valence-corrected chi connectivity index (χ4v) is 6.99. The van der Waals surface area contributed by atoms with Crippen LogP contribution in [0.4, 0.5) is 0 Å². The number of aryl methyl sites for hydroxylation is 6. The van der Waals surface area contributed by atoms with Crippen LogP contribution in [0.1, 0.15) is 60.5 Å². The summed E-state index contributed by atoms with van der Waals surface area (Å²) < 4.78 is 29.7. The lowest BCUT2D eigenvalue weighted by molar-refractivity contribution is -0.144. The number of ether oxygens (including phenoxy) is 3. The fourth-order valence-electron chi connectivity index (χ4n) is 4.47. The standard InChI is InChI=1S/C28H37O7P/c1-18-14-20(3)25(21(4)15-18)27(30)36(32,13-8-24(29)35-12-11-34-10-9-33-7)28(31)26-22(5)16-19(2)17-23(26)6/h14-17H,8-13H2,1-7H3. The van der Waals surface area contributed by atoms with Crippen LogP contribution in [0.25, 0.3) is 0 Å². The Balaban J connectivity index is 2.37. The van der Waals surface area contributed by atoms with Crippen LogP contribution in [0.3, 0.4) is 0 Å². The number of esters is 1. The second-order valence-corrected chi connectivity index (χ2v) is 11.9. The van der Waals surface area contributed by atoms with Gasteiger partial charge < -0.3 is 18.8 Å². The maximum atomic E-state index is 14.4. The molecule has 0 aliphatic carbocycles. The Kier molecular flexibility index (Phi) is 10.8. The second-order valence-electron chi connectivity index (χ2n) is 9.20. The quantitative estimate of drug-likeness (QED) is 0.198. The van der Waals surface area contributed by atoms with Gasteiger partial charge in [-0.15, -0.1) is 0 Å². The summed E-state index contributed by atoms with van der Waals surface area (Å²) in [5.74, 6) is -0.638. The molecule has 0 heterocycles. The Hall–Kier alpha value is -2.60. The van der Waals surface area contributed by atoms with E-state index in [4.69, 9.17) is 14.2 Å². The van der Waals surface area contributed by atoms with Gasteiger partial charge in [-0.25, -0.2) is 0 Å². The van der Waals surface area contributed by atoms with Crippen LogP contribution in [0.5, 0.6) is 0 Å². The van der Waals surface area contributed by atoms with Gasteiger partial charge in [0.25, 0.3) is 0 Å². The van der Waals surface area contributed by atoms with E-state index in [1.165, 1.54) is 0 Å². The number of rotatable bonds is 13. The van der Waals surface area contributed by atoms with Crippen LogP contribution in [0.2, 0.25) is 0 Å². The minimum Gasteiger partial charge on any atom is -0.463 e. The van der Waals surface area contributed by atoms with Gasteiger partial charge in [-0.1, -0.05) is 35.4 Å². The lowest BCUT2D eigenvalue weighted by atomic mass is 10.0. The first-order valence-electron chi connectivity index (χ1n) is 12.0. The molecule has 196 valence electrons. The fraction of sp³-hybridized carbons (Fsp3) is 0.464. The zero-order valence-corrected chi connectivity index (χ0v) is 23.3. The van der Waals surface area contributed by atoms with Crippen molar-refractivity contribution in [3.05, 3.63) is 68.8 Å². The number of carbonyl (C=O) groups excluding carboxylic acids is 3. The van der Waals surface area contributed by atoms with E-state index < -0.39 is 30.3 Å². The van der Waals surface area contributed by atoms with Gasteiger partial charge in [0.2, 0.25) is 18.2 Å². The molecule has 0 fully saturated rings. The molecule has 0 N–H and O–H groups in total. The first kappa shape index (κ1) is 29.6. The smallest absolute Gasteiger partial charge is 0.306 e. The summed E-state index contributed by atoms with van der Waals surface area (Å²) >= 11 is 0. The summed E-state index contributed by atoms with van der Waals surface area (Å²) in [6.07, 6.45) is -0.714. The Morgan fingerprint density at radius 2 is 1.11 bits per heavy atom. The molecule has 2 aromatic rings. The van der Waals surface area contributed by atoms with Crippen molar-refractivity contribution in [1.82, 2.24) is 0 Å². The van der Waals surface area contributed by atoms with Crippen molar-refractivity contribution in [3.8, 4) is 0 Å². The van der Waals surface area contributed by atoms with Crippen molar-refractivity contribution >= 4 is 24.2 Å². The topological polar surface area (TPSA) is 96.0 Å². The molecule has 0 atom stereocenters. The van der Waals surface area contributed by atoms with Gasteiger partial charge in [-0.3, -0.25) is 14.4 Å². The van der Waals surface area contributed by atoms with E-state index in [1.54, 1.807) is 34.8 Å². The summed E-state index contributed by atoms with van der Waals surface area (Å²) in [4.78, 5) is 40.1. The molecule has 0 saturated heterocycles. The van der Waals surface area contributed by atoms with E-state index in [1.807, 2.05) is 38.1 Å². The Bertz CT molecular complexity index is 1060. The minimum atomic E-state index is -4.22. The summed E-state index contributed by atoms with van der Waals surface area (Å²) in [5.41, 5.74) is 3.66. The first-order chi connectivity index (χ1) is 16.9. The second kappa shape index (κ2) is 13.1. The number of carbonyl (C=O) groups is 3. The number of hydrogen-bond donors (Lipinski definition) is 0. The highest BCUT2D eigenvalue weighted by Gasteiger charge is 2.43. The van der Waals surface area contributed by atoms with E-state index in [2.05, 4.69) is 0 Å². The summed E-state index contributed by atoms with van der Waals surface area (Å²) in [6.45, 7) is 11.9. The average molecular weight is 517 g/mol. The van der Waals surface area contributed by atoms with Crippen LogP contribution in [0, 0.1) is 41.5 Å². The van der Waals surface area contributed by atoms with Gasteiger partial charge in [0.05, 0.1) is 26.2 Å². The van der Waals surface area contributed by atoms with Crippen LogP contribution in [-0.4, -0.2) is 56.7 Å². The van der Waals surface area contributed by atoms with Crippen molar-refractivity contribution in [2.75, 3.05) is 39.7 Å². The molecule has 0 radical (unpaired) electrons. The van der Waals surface area contributed by atoms with Crippen LogP contribution < -0.4 is 0 Å². The van der Waals surface area contributed by atoms with Crippen molar-refractivity contribution in [1.29, 1.82) is 0 Å². The Morgan fingerprint density at radius 3 is 1.53 bits per heavy atom. The lowest BCUT2D eigenvalue weighted by Crippen LogP contribution is -2.20. The molecule has 0 aliphatic rings. The number of methoxy groups -OCH3 is 1. The molecule has 0 spiro atoms. The van der Waals surface area contributed by atoms with E-state index in [0.717, 1.165) is 11.1 Å². The van der Waals surface area contributed by atoms with Gasteiger partial charge >= 0.3 is 5.97 Å². The molecule has 0 bridgehead atoms. The highest BCUT2D eigenvalue weighted by molar-refractivity contribution is 7.95. The highest BCUT2D eigenvalue weighted by atomic mass is 31.2. The van der Waals surface area contributed by atoms with E-state index >= 15 is 0 Å². The molecular weight excluding hydrogens is 479 g/mol. The van der Waals surface area contributed by atoms with E-state index in [0.29, 0.717) is 35.5 Å². The summed E-state index contributed by atoms with van der Waals surface area (Å²) in [7, 11) is -2.66. The van der Waals surface area contributed by atoms with Crippen molar-refractivity contribution in [2.45, 2.75) is 48.0 Å². The Labute approximate surface area is 213 Å². The van der Waals surface area contributed by atoms with Gasteiger partial charge in [0.15, 0.2) is 0 Å². The van der Waals surface area contributed by atoms with Crippen molar-refractivity contribution < 1.29 is 33.2 Å².